The summed E-state index contributed by atoms with van der Waals surface area (Å²) in [5.74, 6) is 0. The molecule has 1 atom stereocenters. The van der Waals surface area contributed by atoms with E-state index in [0.29, 0.717) is 18.8 Å². The van der Waals surface area contributed by atoms with Crippen LogP contribution in [0.3, 0.4) is 0 Å². The van der Waals surface area contributed by atoms with Crippen molar-refractivity contribution in [2.45, 2.75) is 38.0 Å². The van der Waals surface area contributed by atoms with E-state index < -0.39 is 11.7 Å². The third kappa shape index (κ3) is 4.29. The van der Waals surface area contributed by atoms with Gasteiger partial charge in [-0.15, -0.1) is 0 Å². The van der Waals surface area contributed by atoms with Crippen LogP contribution < -0.4 is 5.32 Å². The largest absolute Gasteiger partial charge is 0.416 e. The van der Waals surface area contributed by atoms with Crippen molar-refractivity contribution in [1.29, 1.82) is 0 Å². The first-order chi connectivity index (χ1) is 8.47. The molecule has 0 aliphatic heterocycles. The zero-order chi connectivity index (χ0) is 13.8. The van der Waals surface area contributed by atoms with Crippen LogP contribution in [0.5, 0.6) is 0 Å². The zero-order valence-electron chi connectivity index (χ0n) is 10.4. The van der Waals surface area contributed by atoms with E-state index in [-0.39, 0.29) is 6.04 Å². The van der Waals surface area contributed by atoms with Crippen molar-refractivity contribution in [1.82, 2.24) is 5.32 Å². The monoisotopic (exact) mass is 263 g/mol. The third-order valence-corrected chi connectivity index (χ3v) is 2.78. The van der Waals surface area contributed by atoms with Crippen molar-refractivity contribution in [3.05, 3.63) is 35.4 Å². The van der Waals surface area contributed by atoms with Crippen molar-refractivity contribution < 1.29 is 17.6 Å². The highest BCUT2D eigenvalue weighted by molar-refractivity contribution is 5.27. The summed E-state index contributed by atoms with van der Waals surface area (Å²) in [4.78, 5) is 0. The summed E-state index contributed by atoms with van der Waals surface area (Å²) >= 11 is 0. The fraction of sp³-hybridized carbons (Fsp3) is 0.538. The summed E-state index contributed by atoms with van der Waals surface area (Å²) in [6.07, 6.45) is -2.00. The predicted molar refractivity (Wildman–Crippen MR) is 63.0 cm³/mol. The minimum absolute atomic E-state index is 0.0187. The molecule has 1 nitrogen and oxygen atoms in total. The van der Waals surface area contributed by atoms with E-state index in [1.807, 2.05) is 6.92 Å². The second kappa shape index (κ2) is 6.18. The Morgan fingerprint density at radius 3 is 2.33 bits per heavy atom. The molecule has 5 heteroatoms. The maximum Gasteiger partial charge on any atom is 0.416 e. The van der Waals surface area contributed by atoms with Crippen LogP contribution in [0.25, 0.3) is 0 Å². The van der Waals surface area contributed by atoms with Gasteiger partial charge in [0, 0.05) is 12.1 Å². The van der Waals surface area contributed by atoms with Gasteiger partial charge in [-0.05, 0) is 37.5 Å². The van der Waals surface area contributed by atoms with Gasteiger partial charge in [-0.3, -0.25) is 4.39 Å². The molecule has 0 amide bonds. The number of alkyl halides is 4. The van der Waals surface area contributed by atoms with Crippen molar-refractivity contribution in [2.75, 3.05) is 7.18 Å². The Bertz CT molecular complexity index is 371. The van der Waals surface area contributed by atoms with Crippen LogP contribution >= 0.6 is 0 Å². The van der Waals surface area contributed by atoms with Gasteiger partial charge in [0.2, 0.25) is 0 Å². The van der Waals surface area contributed by atoms with Gasteiger partial charge in [0.1, 0.15) is 0 Å². The molecular weight excluding hydrogens is 246 g/mol. The normalized spacial score (nSPS) is 16.8. The average Bonchev–Trinajstić information content (AvgIpc) is 3.15. The summed E-state index contributed by atoms with van der Waals surface area (Å²) in [7, 11) is 0.500. The topological polar surface area (TPSA) is 12.0 Å². The minimum atomic E-state index is -4.25. The SMILES string of the molecule is CC(NC1CC1)c1cccc(C(F)(F)F)c1.CF. The fourth-order valence-electron chi connectivity index (χ4n) is 1.68. The number of rotatable bonds is 3. The van der Waals surface area contributed by atoms with Crippen molar-refractivity contribution >= 4 is 0 Å². The summed E-state index contributed by atoms with van der Waals surface area (Å²) in [6, 6.07) is 5.99. The molecule has 1 aliphatic carbocycles. The molecule has 1 saturated carbocycles. The summed E-state index contributed by atoms with van der Waals surface area (Å²) < 4.78 is 47.0. The molecule has 18 heavy (non-hydrogen) atoms. The van der Waals surface area contributed by atoms with Crippen LogP contribution in [0, 0.1) is 0 Å². The second-order valence-corrected chi connectivity index (χ2v) is 4.29. The Balaban J connectivity index is 0.000000771. The van der Waals surface area contributed by atoms with Crippen LogP contribution in [-0.2, 0) is 6.18 Å². The zero-order valence-corrected chi connectivity index (χ0v) is 10.4. The molecule has 1 unspecified atom stereocenters. The maximum atomic E-state index is 12.5. The van der Waals surface area contributed by atoms with E-state index in [1.165, 1.54) is 12.1 Å². The van der Waals surface area contributed by atoms with Gasteiger partial charge in [0.05, 0.1) is 12.7 Å². The number of hydrogen-bond acceptors (Lipinski definition) is 1. The molecule has 1 aromatic carbocycles. The number of benzene rings is 1. The Morgan fingerprint density at radius 1 is 1.22 bits per heavy atom. The lowest BCUT2D eigenvalue weighted by Gasteiger charge is -2.15. The average molecular weight is 263 g/mol. The molecule has 102 valence electrons. The molecule has 0 radical (unpaired) electrons. The van der Waals surface area contributed by atoms with Gasteiger partial charge in [0.15, 0.2) is 0 Å². The lowest BCUT2D eigenvalue weighted by molar-refractivity contribution is -0.137. The van der Waals surface area contributed by atoms with Crippen molar-refractivity contribution in [3.63, 3.8) is 0 Å². The van der Waals surface area contributed by atoms with E-state index in [2.05, 4.69) is 5.32 Å². The highest BCUT2D eigenvalue weighted by Crippen LogP contribution is 2.31. The number of halogens is 4. The van der Waals surface area contributed by atoms with Crippen LogP contribution in [0.1, 0.15) is 36.9 Å². The lowest BCUT2D eigenvalue weighted by atomic mass is 10.0. The molecule has 0 spiro atoms. The predicted octanol–water partition coefficient (Wildman–Crippen LogP) is 4.10. The van der Waals surface area contributed by atoms with E-state index in [1.54, 1.807) is 6.07 Å². The fourth-order valence-corrected chi connectivity index (χ4v) is 1.68. The van der Waals surface area contributed by atoms with Crippen LogP contribution in [0.2, 0.25) is 0 Å². The molecule has 0 aromatic heterocycles. The van der Waals surface area contributed by atoms with E-state index in [0.717, 1.165) is 18.9 Å². The molecule has 1 aromatic rings. The molecule has 2 rings (SSSR count). The van der Waals surface area contributed by atoms with Gasteiger partial charge < -0.3 is 5.32 Å². The van der Waals surface area contributed by atoms with E-state index >= 15 is 0 Å². The molecule has 1 N–H and O–H groups in total. The summed E-state index contributed by atoms with van der Waals surface area (Å²) in [5.41, 5.74) is 0.121. The van der Waals surface area contributed by atoms with Crippen LogP contribution in [0.4, 0.5) is 17.6 Å². The number of nitrogens with one attached hydrogen (secondary N) is 1. The third-order valence-electron chi connectivity index (χ3n) is 2.78. The van der Waals surface area contributed by atoms with Crippen molar-refractivity contribution in [2.24, 2.45) is 0 Å². The minimum Gasteiger partial charge on any atom is -0.307 e. The van der Waals surface area contributed by atoms with Gasteiger partial charge >= 0.3 is 6.18 Å². The standard InChI is InChI=1S/C12H14F3N.CH3F/c1-8(16-11-5-6-11)9-3-2-4-10(7-9)12(13,14)15;1-2/h2-4,7-8,11,16H,5-6H2,1H3;1H3. The van der Waals surface area contributed by atoms with E-state index in [4.69, 9.17) is 0 Å². The first kappa shape index (κ1) is 15.0. The Labute approximate surface area is 104 Å². The van der Waals surface area contributed by atoms with Gasteiger partial charge in [-0.25, -0.2) is 0 Å². The molecule has 0 bridgehead atoms. The highest BCUT2D eigenvalue weighted by Gasteiger charge is 2.31. The summed E-state index contributed by atoms with van der Waals surface area (Å²) in [6.45, 7) is 1.90. The first-order valence-electron chi connectivity index (χ1n) is 5.78. The Morgan fingerprint density at radius 2 is 1.83 bits per heavy atom. The van der Waals surface area contributed by atoms with Gasteiger partial charge in [-0.1, -0.05) is 12.1 Å². The highest BCUT2D eigenvalue weighted by atomic mass is 19.4. The lowest BCUT2D eigenvalue weighted by Crippen LogP contribution is -2.21. The quantitative estimate of drug-likeness (QED) is 0.809. The molecule has 1 aliphatic rings. The first-order valence-corrected chi connectivity index (χ1v) is 5.78. The van der Waals surface area contributed by atoms with Crippen LogP contribution in [-0.4, -0.2) is 13.2 Å². The van der Waals surface area contributed by atoms with Gasteiger partial charge in [-0.2, -0.15) is 13.2 Å². The molecular formula is C13H17F4N. The van der Waals surface area contributed by atoms with Crippen molar-refractivity contribution in [3.8, 4) is 0 Å². The maximum absolute atomic E-state index is 12.5. The Hall–Kier alpha value is -1.10. The number of hydrogen-bond donors (Lipinski definition) is 1. The Kier molecular flexibility index (Phi) is 5.14. The van der Waals surface area contributed by atoms with Gasteiger partial charge in [0.25, 0.3) is 0 Å². The molecule has 0 saturated heterocycles. The second-order valence-electron chi connectivity index (χ2n) is 4.29. The molecule has 0 heterocycles. The molecule has 1 fully saturated rings. The van der Waals surface area contributed by atoms with Crippen LogP contribution in [0.15, 0.2) is 24.3 Å². The summed E-state index contributed by atoms with van der Waals surface area (Å²) in [5, 5.41) is 3.28. The smallest absolute Gasteiger partial charge is 0.307 e. The van der Waals surface area contributed by atoms with E-state index in [9.17, 15) is 17.6 Å².